The lowest BCUT2D eigenvalue weighted by Gasteiger charge is -2.30. The van der Waals surface area contributed by atoms with Crippen molar-refractivity contribution in [1.29, 1.82) is 0 Å². The largest absolute Gasteiger partial charge is 0.325 e. The molecule has 0 saturated carbocycles. The molecule has 3 aromatic carbocycles. The van der Waals surface area contributed by atoms with Crippen molar-refractivity contribution in [2.75, 3.05) is 27.2 Å². The van der Waals surface area contributed by atoms with Crippen LogP contribution in [0.5, 0.6) is 0 Å². The normalized spacial score (nSPS) is 11.8. The average Bonchev–Trinajstić information content (AvgIpc) is 2.76. The second kappa shape index (κ2) is 12.5. The molecule has 0 spiro atoms. The first-order valence-corrected chi connectivity index (χ1v) is 13.4. The summed E-state index contributed by atoms with van der Waals surface area (Å²) in [7, 11) is 4.67. The van der Waals surface area contributed by atoms with Gasteiger partial charge in [0.25, 0.3) is 0 Å². The van der Waals surface area contributed by atoms with Gasteiger partial charge in [-0.3, -0.25) is 4.90 Å². The first-order valence-electron chi connectivity index (χ1n) is 11.1. The van der Waals surface area contributed by atoms with E-state index >= 15 is 0 Å². The predicted molar refractivity (Wildman–Crippen MR) is 146 cm³/mol. The molecule has 0 aromatic heterocycles. The Balaban J connectivity index is 1.54. The summed E-state index contributed by atoms with van der Waals surface area (Å²) in [6.45, 7) is 5.29. The first-order chi connectivity index (χ1) is 15.3. The van der Waals surface area contributed by atoms with Crippen LogP contribution in [0.25, 0.3) is 0 Å². The number of nitrogens with zero attached hydrogens (tertiary/aromatic N) is 2. The van der Waals surface area contributed by atoms with Crippen molar-refractivity contribution in [3.63, 3.8) is 0 Å². The minimum absolute atomic E-state index is 0.973. The van der Waals surface area contributed by atoms with E-state index in [0.717, 1.165) is 44.1 Å². The quantitative estimate of drug-likeness (QED) is 0.154. The van der Waals surface area contributed by atoms with Crippen LogP contribution in [0, 0.1) is 0 Å². The summed E-state index contributed by atoms with van der Waals surface area (Å²) in [5, 5.41) is 0. The molecule has 2 nitrogen and oxygen atoms in total. The van der Waals surface area contributed by atoms with Gasteiger partial charge in [-0.2, -0.15) is 0 Å². The van der Waals surface area contributed by atoms with Crippen LogP contribution < -0.4 is 0 Å². The van der Waals surface area contributed by atoms with Crippen molar-refractivity contribution >= 4 is 47.8 Å². The van der Waals surface area contributed by atoms with Gasteiger partial charge in [0.2, 0.25) is 0 Å². The van der Waals surface area contributed by atoms with E-state index in [1.165, 1.54) is 36.1 Å². The van der Waals surface area contributed by atoms with Crippen molar-refractivity contribution in [2.24, 2.45) is 0 Å². The number of halogens is 3. The Kier molecular flexibility index (Phi) is 9.99. The monoisotopic (exact) mass is 621 g/mol. The summed E-state index contributed by atoms with van der Waals surface area (Å²) in [5.41, 5.74) is 4.11. The third-order valence-corrected chi connectivity index (χ3v) is 7.24. The van der Waals surface area contributed by atoms with Crippen molar-refractivity contribution in [2.45, 2.75) is 32.5 Å². The summed E-state index contributed by atoms with van der Waals surface area (Å²) < 4.78 is 4.42. The molecule has 3 aromatic rings. The van der Waals surface area contributed by atoms with Crippen LogP contribution >= 0.6 is 47.8 Å². The number of hydrogen-bond acceptors (Lipinski definition) is 1. The molecule has 170 valence electrons. The standard InChI is InChI=1S/C27H32Br3N2/c1-32(2,21-24-9-15-27(30)16-10-24)18-4-3-17-31(19-22-5-11-25(28)12-6-22)20-23-7-13-26(29)14-8-23/h5-16H,3-4,17-21H2,1-2H3/q+1. The molecular formula is C27H32Br3N2+. The fourth-order valence-corrected chi connectivity index (χ4v) is 4.74. The smallest absolute Gasteiger partial charge is 0.104 e. The molecular weight excluding hydrogens is 592 g/mol. The highest BCUT2D eigenvalue weighted by Crippen LogP contribution is 2.18. The minimum atomic E-state index is 0.973. The topological polar surface area (TPSA) is 3.24 Å². The van der Waals surface area contributed by atoms with Crippen molar-refractivity contribution < 1.29 is 4.48 Å². The lowest BCUT2D eigenvalue weighted by atomic mass is 10.1. The molecule has 32 heavy (non-hydrogen) atoms. The Morgan fingerprint density at radius 2 is 1.00 bits per heavy atom. The molecule has 0 aliphatic rings. The minimum Gasteiger partial charge on any atom is -0.325 e. The van der Waals surface area contributed by atoms with Crippen LogP contribution in [-0.2, 0) is 19.6 Å². The number of hydrogen-bond donors (Lipinski definition) is 0. The number of rotatable bonds is 11. The summed E-state index contributed by atoms with van der Waals surface area (Å²) in [6, 6.07) is 26.1. The first kappa shape index (κ1) is 25.6. The highest BCUT2D eigenvalue weighted by Gasteiger charge is 2.16. The van der Waals surface area contributed by atoms with Gasteiger partial charge >= 0.3 is 0 Å². The van der Waals surface area contributed by atoms with E-state index < -0.39 is 0 Å². The molecule has 0 atom stereocenters. The Morgan fingerprint density at radius 3 is 1.44 bits per heavy atom. The van der Waals surface area contributed by atoms with Gasteiger partial charge < -0.3 is 4.48 Å². The van der Waals surface area contributed by atoms with Gasteiger partial charge in [-0.15, -0.1) is 0 Å². The SMILES string of the molecule is C[N+](C)(CCCCN(Cc1ccc(Br)cc1)Cc1ccc(Br)cc1)Cc1ccc(Br)cc1. The zero-order chi connectivity index (χ0) is 23.0. The Morgan fingerprint density at radius 1 is 0.594 bits per heavy atom. The third-order valence-electron chi connectivity index (χ3n) is 5.65. The van der Waals surface area contributed by atoms with E-state index in [0.29, 0.717) is 0 Å². The van der Waals surface area contributed by atoms with Crippen molar-refractivity contribution in [3.05, 3.63) is 103 Å². The van der Waals surface area contributed by atoms with Gasteiger partial charge in [-0.25, -0.2) is 0 Å². The molecule has 0 N–H and O–H groups in total. The van der Waals surface area contributed by atoms with Crippen molar-refractivity contribution in [3.8, 4) is 0 Å². The maximum absolute atomic E-state index is 3.55. The molecule has 0 aliphatic carbocycles. The van der Waals surface area contributed by atoms with E-state index in [4.69, 9.17) is 0 Å². The summed E-state index contributed by atoms with van der Waals surface area (Å²) in [6.07, 6.45) is 2.43. The maximum Gasteiger partial charge on any atom is 0.104 e. The summed E-state index contributed by atoms with van der Waals surface area (Å²) in [5.74, 6) is 0. The van der Waals surface area contributed by atoms with Gasteiger partial charge in [0.15, 0.2) is 0 Å². The molecule has 0 bridgehead atoms. The fraction of sp³-hybridized carbons (Fsp3) is 0.333. The number of quaternary nitrogens is 1. The van der Waals surface area contributed by atoms with Crippen LogP contribution in [0.1, 0.15) is 29.5 Å². The van der Waals surface area contributed by atoms with Crippen LogP contribution in [0.2, 0.25) is 0 Å². The van der Waals surface area contributed by atoms with E-state index in [9.17, 15) is 0 Å². The molecule has 0 unspecified atom stereocenters. The third kappa shape index (κ3) is 9.11. The zero-order valence-corrected chi connectivity index (χ0v) is 23.7. The summed E-state index contributed by atoms with van der Waals surface area (Å²) in [4.78, 5) is 2.57. The Hall–Kier alpha value is -0.980. The van der Waals surface area contributed by atoms with Crippen molar-refractivity contribution in [1.82, 2.24) is 4.90 Å². The highest BCUT2D eigenvalue weighted by atomic mass is 79.9. The van der Waals surface area contributed by atoms with Gasteiger partial charge in [-0.05, 0) is 66.9 Å². The molecule has 0 heterocycles. The molecule has 0 fully saturated rings. The van der Waals surface area contributed by atoms with E-state index in [1.54, 1.807) is 0 Å². The van der Waals surface area contributed by atoms with Crippen LogP contribution in [0.15, 0.2) is 86.2 Å². The van der Waals surface area contributed by atoms with Crippen LogP contribution in [0.3, 0.4) is 0 Å². The number of unbranched alkanes of at least 4 members (excludes halogenated alkanes) is 1. The van der Waals surface area contributed by atoms with Gasteiger partial charge in [-0.1, -0.05) is 84.2 Å². The maximum atomic E-state index is 3.55. The Bertz CT molecular complexity index is 904. The second-order valence-corrected chi connectivity index (χ2v) is 11.9. The zero-order valence-electron chi connectivity index (χ0n) is 18.9. The van der Waals surface area contributed by atoms with E-state index in [1.807, 2.05) is 0 Å². The average molecular weight is 624 g/mol. The van der Waals surface area contributed by atoms with Crippen LogP contribution in [-0.4, -0.2) is 36.6 Å². The second-order valence-electron chi connectivity index (χ2n) is 9.11. The molecule has 3 rings (SSSR count). The van der Waals surface area contributed by atoms with E-state index in [-0.39, 0.29) is 0 Å². The predicted octanol–water partition coefficient (Wildman–Crippen LogP) is 8.03. The molecule has 5 heteroatoms. The number of benzene rings is 3. The Labute approximate surface area is 218 Å². The van der Waals surface area contributed by atoms with E-state index in [2.05, 4.69) is 140 Å². The molecule has 0 radical (unpaired) electrons. The molecule has 0 aliphatic heterocycles. The lowest BCUT2D eigenvalue weighted by molar-refractivity contribution is -0.903. The molecule has 0 saturated heterocycles. The van der Waals surface area contributed by atoms with Gasteiger partial charge in [0.1, 0.15) is 6.54 Å². The van der Waals surface area contributed by atoms with Gasteiger partial charge in [0.05, 0.1) is 20.6 Å². The van der Waals surface area contributed by atoms with Crippen LogP contribution in [0.4, 0.5) is 0 Å². The lowest BCUT2D eigenvalue weighted by Crippen LogP contribution is -2.39. The molecule has 0 amide bonds. The fourth-order valence-electron chi connectivity index (χ4n) is 3.95. The van der Waals surface area contributed by atoms with Gasteiger partial charge in [0, 0.05) is 32.1 Å². The summed E-state index contributed by atoms with van der Waals surface area (Å²) >= 11 is 10.6. The highest BCUT2D eigenvalue weighted by molar-refractivity contribution is 9.11.